The van der Waals surface area contributed by atoms with Crippen molar-refractivity contribution in [1.82, 2.24) is 0 Å². The molecule has 2 nitrogen and oxygen atoms in total. The van der Waals surface area contributed by atoms with Crippen molar-refractivity contribution in [1.29, 1.82) is 0 Å². The van der Waals surface area contributed by atoms with E-state index in [1.54, 1.807) is 0 Å². The highest BCUT2D eigenvalue weighted by molar-refractivity contribution is 5.33. The molecule has 0 saturated carbocycles. The Morgan fingerprint density at radius 1 is 1.21 bits per heavy atom. The second-order valence-electron chi connectivity index (χ2n) is 4.08. The summed E-state index contributed by atoms with van der Waals surface area (Å²) in [5.41, 5.74) is -0.983. The van der Waals surface area contributed by atoms with Crippen molar-refractivity contribution in [3.63, 3.8) is 0 Å². The number of hydrogen-bond donors (Lipinski definition) is 1. The molecular weight excluding hydrogens is 264 g/mol. The molecule has 1 aromatic heterocycles. The molecule has 1 atom stereocenters. The number of benzene rings is 1. The van der Waals surface area contributed by atoms with Crippen LogP contribution in [0.1, 0.15) is 22.8 Å². The zero-order valence-corrected chi connectivity index (χ0v) is 9.62. The zero-order chi connectivity index (χ0) is 14.0. The van der Waals surface area contributed by atoms with Gasteiger partial charge >= 0.3 is 6.18 Å². The third-order valence-corrected chi connectivity index (χ3v) is 2.69. The molecule has 2 aromatic rings. The van der Waals surface area contributed by atoms with Gasteiger partial charge in [-0.15, -0.1) is 0 Å². The summed E-state index contributed by atoms with van der Waals surface area (Å²) in [6, 6.07) is 3.57. The monoisotopic (exact) mass is 274 g/mol. The summed E-state index contributed by atoms with van der Waals surface area (Å²) in [6.45, 7) is 0. The van der Waals surface area contributed by atoms with E-state index in [1.807, 2.05) is 0 Å². The SMILES string of the molecule is OC(Cc1ccoc1)c1cc(F)ccc1C(F)(F)F. The number of furan rings is 1. The molecule has 1 N–H and O–H groups in total. The molecule has 0 saturated heterocycles. The topological polar surface area (TPSA) is 33.4 Å². The summed E-state index contributed by atoms with van der Waals surface area (Å²) in [4.78, 5) is 0. The van der Waals surface area contributed by atoms with E-state index in [0.29, 0.717) is 17.7 Å². The summed E-state index contributed by atoms with van der Waals surface area (Å²) in [6.07, 6.45) is -3.51. The Bertz CT molecular complexity index is 546. The molecule has 1 heterocycles. The zero-order valence-electron chi connectivity index (χ0n) is 9.62. The number of aliphatic hydroxyl groups excluding tert-OH is 1. The van der Waals surface area contributed by atoms with E-state index in [2.05, 4.69) is 0 Å². The quantitative estimate of drug-likeness (QED) is 0.865. The highest BCUT2D eigenvalue weighted by Crippen LogP contribution is 2.35. The summed E-state index contributed by atoms with van der Waals surface area (Å²) in [7, 11) is 0. The van der Waals surface area contributed by atoms with E-state index in [9.17, 15) is 22.7 Å². The Kier molecular flexibility index (Phi) is 3.61. The van der Waals surface area contributed by atoms with Gasteiger partial charge in [0.2, 0.25) is 0 Å². The van der Waals surface area contributed by atoms with Crippen LogP contribution in [0.25, 0.3) is 0 Å². The molecule has 1 unspecified atom stereocenters. The summed E-state index contributed by atoms with van der Waals surface area (Å²) < 4.78 is 56.1. The normalized spacial score (nSPS) is 13.5. The minimum atomic E-state index is -4.64. The van der Waals surface area contributed by atoms with Gasteiger partial charge in [0, 0.05) is 6.42 Å². The number of aliphatic hydroxyl groups is 1. The van der Waals surface area contributed by atoms with Crippen molar-refractivity contribution >= 4 is 0 Å². The van der Waals surface area contributed by atoms with Gasteiger partial charge in [-0.1, -0.05) is 0 Å². The first-order valence-corrected chi connectivity index (χ1v) is 5.43. The lowest BCUT2D eigenvalue weighted by Gasteiger charge is -2.17. The van der Waals surface area contributed by atoms with E-state index >= 15 is 0 Å². The number of halogens is 4. The van der Waals surface area contributed by atoms with Crippen molar-refractivity contribution in [2.45, 2.75) is 18.7 Å². The van der Waals surface area contributed by atoms with Gasteiger partial charge in [0.25, 0.3) is 0 Å². The maximum absolute atomic E-state index is 13.1. The first-order chi connectivity index (χ1) is 8.88. The van der Waals surface area contributed by atoms with Crippen LogP contribution < -0.4 is 0 Å². The lowest BCUT2D eigenvalue weighted by Crippen LogP contribution is -2.13. The first-order valence-electron chi connectivity index (χ1n) is 5.43. The summed E-state index contributed by atoms with van der Waals surface area (Å²) >= 11 is 0. The molecule has 0 aliphatic rings. The van der Waals surface area contributed by atoms with Crippen LogP contribution in [0.5, 0.6) is 0 Å². The molecule has 19 heavy (non-hydrogen) atoms. The van der Waals surface area contributed by atoms with Gasteiger partial charge in [0.15, 0.2) is 0 Å². The summed E-state index contributed by atoms with van der Waals surface area (Å²) in [5.74, 6) is -0.825. The standard InChI is InChI=1S/C13H10F4O2/c14-9-1-2-11(13(15,16)17)10(6-9)12(18)5-8-3-4-19-7-8/h1-4,6-7,12,18H,5H2. The van der Waals surface area contributed by atoms with E-state index in [0.717, 1.165) is 6.07 Å². The van der Waals surface area contributed by atoms with Crippen molar-refractivity contribution in [2.75, 3.05) is 0 Å². The molecule has 102 valence electrons. The van der Waals surface area contributed by atoms with E-state index < -0.39 is 29.2 Å². The van der Waals surface area contributed by atoms with Crippen LogP contribution in [-0.2, 0) is 12.6 Å². The Balaban J connectivity index is 2.34. The van der Waals surface area contributed by atoms with E-state index in [4.69, 9.17) is 4.42 Å². The lowest BCUT2D eigenvalue weighted by molar-refractivity contribution is -0.139. The third-order valence-electron chi connectivity index (χ3n) is 2.69. The highest BCUT2D eigenvalue weighted by Gasteiger charge is 2.35. The van der Waals surface area contributed by atoms with Crippen LogP contribution in [-0.4, -0.2) is 5.11 Å². The predicted molar refractivity (Wildman–Crippen MR) is 58.8 cm³/mol. The van der Waals surface area contributed by atoms with Crippen molar-refractivity contribution < 1.29 is 27.1 Å². The molecule has 0 spiro atoms. The molecule has 0 amide bonds. The third kappa shape index (κ3) is 3.14. The van der Waals surface area contributed by atoms with Crippen LogP contribution in [0, 0.1) is 5.82 Å². The first kappa shape index (κ1) is 13.6. The van der Waals surface area contributed by atoms with Gasteiger partial charge in [-0.05, 0) is 35.4 Å². The molecule has 0 bridgehead atoms. The van der Waals surface area contributed by atoms with Crippen molar-refractivity contribution in [3.8, 4) is 0 Å². The van der Waals surface area contributed by atoms with Crippen LogP contribution in [0.15, 0.2) is 41.2 Å². The van der Waals surface area contributed by atoms with Gasteiger partial charge in [-0.3, -0.25) is 0 Å². The van der Waals surface area contributed by atoms with E-state index in [-0.39, 0.29) is 6.42 Å². The minimum absolute atomic E-state index is 0.0803. The second kappa shape index (κ2) is 5.05. The second-order valence-corrected chi connectivity index (χ2v) is 4.08. The Morgan fingerprint density at radius 3 is 2.53 bits per heavy atom. The predicted octanol–water partition coefficient (Wildman–Crippen LogP) is 3.71. The molecule has 1 aromatic carbocycles. The Morgan fingerprint density at radius 2 is 1.95 bits per heavy atom. The fourth-order valence-electron chi connectivity index (χ4n) is 1.81. The van der Waals surface area contributed by atoms with Gasteiger partial charge < -0.3 is 9.52 Å². The Labute approximate surface area is 106 Å². The van der Waals surface area contributed by atoms with Gasteiger partial charge in [-0.25, -0.2) is 4.39 Å². The van der Waals surface area contributed by atoms with Crippen LogP contribution >= 0.6 is 0 Å². The summed E-state index contributed by atoms with van der Waals surface area (Å²) in [5, 5.41) is 9.85. The van der Waals surface area contributed by atoms with Crippen LogP contribution in [0.4, 0.5) is 17.6 Å². The molecule has 0 radical (unpaired) electrons. The molecular formula is C13H10F4O2. The number of hydrogen-bond acceptors (Lipinski definition) is 2. The lowest BCUT2D eigenvalue weighted by atomic mass is 9.97. The number of alkyl halides is 3. The van der Waals surface area contributed by atoms with Crippen molar-refractivity contribution in [2.24, 2.45) is 0 Å². The number of rotatable bonds is 3. The van der Waals surface area contributed by atoms with Crippen molar-refractivity contribution in [3.05, 3.63) is 59.3 Å². The largest absolute Gasteiger partial charge is 0.472 e. The smallest absolute Gasteiger partial charge is 0.416 e. The van der Waals surface area contributed by atoms with E-state index in [1.165, 1.54) is 18.6 Å². The van der Waals surface area contributed by atoms with Gasteiger partial charge in [-0.2, -0.15) is 13.2 Å². The van der Waals surface area contributed by atoms with Crippen LogP contribution in [0.2, 0.25) is 0 Å². The van der Waals surface area contributed by atoms with Crippen LogP contribution in [0.3, 0.4) is 0 Å². The van der Waals surface area contributed by atoms with Gasteiger partial charge in [0.05, 0.1) is 24.2 Å². The maximum atomic E-state index is 13.1. The molecule has 0 fully saturated rings. The highest BCUT2D eigenvalue weighted by atomic mass is 19.4. The fraction of sp³-hybridized carbons (Fsp3) is 0.231. The average molecular weight is 274 g/mol. The maximum Gasteiger partial charge on any atom is 0.416 e. The molecule has 6 heteroatoms. The molecule has 0 aliphatic heterocycles. The fourth-order valence-corrected chi connectivity index (χ4v) is 1.81. The Hall–Kier alpha value is -1.82. The molecule has 0 aliphatic carbocycles. The molecule has 2 rings (SSSR count). The average Bonchev–Trinajstić information content (AvgIpc) is 2.80. The van der Waals surface area contributed by atoms with Gasteiger partial charge in [0.1, 0.15) is 5.82 Å². The minimum Gasteiger partial charge on any atom is -0.472 e.